The highest BCUT2D eigenvalue weighted by Crippen LogP contribution is 2.44. The van der Waals surface area contributed by atoms with E-state index in [-0.39, 0.29) is 35.5 Å². The van der Waals surface area contributed by atoms with E-state index >= 15 is 0 Å². The molecule has 0 bridgehead atoms. The van der Waals surface area contributed by atoms with Crippen LogP contribution in [0.5, 0.6) is 0 Å². The first-order valence-electron chi connectivity index (χ1n) is 10.6. The number of fused-ring (bicyclic) bond motifs is 3. The maximum Gasteiger partial charge on any atom is 0.413 e. The van der Waals surface area contributed by atoms with E-state index in [0.29, 0.717) is 0 Å². The minimum absolute atomic E-state index is 0.0579. The van der Waals surface area contributed by atoms with Gasteiger partial charge in [0.15, 0.2) is 11.2 Å². The lowest BCUT2D eigenvalue weighted by molar-refractivity contribution is -0.148. The summed E-state index contributed by atoms with van der Waals surface area (Å²) in [6.45, 7) is 0.291. The fourth-order valence-corrected chi connectivity index (χ4v) is 4.62. The van der Waals surface area contributed by atoms with Gasteiger partial charge in [-0.05, 0) is 22.3 Å². The van der Waals surface area contributed by atoms with Gasteiger partial charge in [0.1, 0.15) is 11.5 Å². The smallest absolute Gasteiger partial charge is 0.413 e. The molecular weight excluding hydrogens is 458 g/mol. The second-order valence-electron chi connectivity index (χ2n) is 7.59. The maximum absolute atomic E-state index is 12.4. The van der Waals surface area contributed by atoms with Crippen LogP contribution in [0.15, 0.2) is 54.7 Å². The first-order chi connectivity index (χ1) is 16.5. The highest BCUT2D eigenvalue weighted by molar-refractivity contribution is 7.17. The average molecular weight is 482 g/mol. The van der Waals surface area contributed by atoms with Crippen LogP contribution in [-0.4, -0.2) is 54.4 Å². The van der Waals surface area contributed by atoms with E-state index in [1.54, 1.807) is 0 Å². The Morgan fingerprint density at radius 2 is 1.74 bits per heavy atom. The van der Waals surface area contributed by atoms with Crippen LogP contribution in [0.25, 0.3) is 11.1 Å². The van der Waals surface area contributed by atoms with E-state index < -0.39 is 24.1 Å². The number of hydrogen-bond donors (Lipinski definition) is 3. The third kappa shape index (κ3) is 5.08. The number of amides is 2. The van der Waals surface area contributed by atoms with Crippen molar-refractivity contribution in [2.24, 2.45) is 0 Å². The molecule has 0 radical (unpaired) electrons. The van der Waals surface area contributed by atoms with E-state index in [1.165, 1.54) is 13.3 Å². The SMILES string of the molecule is COC(CCNC(=O)c1cnc(NC(=O)OCC2c3ccccc3-c3ccccc32)s1)C(=O)O. The molecule has 4 rings (SSSR count). The Kier molecular flexibility index (Phi) is 7.19. The molecule has 2 aromatic carbocycles. The summed E-state index contributed by atoms with van der Waals surface area (Å²) in [4.78, 5) is 39.9. The number of carbonyl (C=O) groups excluding carboxylic acids is 2. The van der Waals surface area contributed by atoms with Gasteiger partial charge in [-0.2, -0.15) is 0 Å². The zero-order valence-corrected chi connectivity index (χ0v) is 19.1. The Balaban J connectivity index is 1.30. The van der Waals surface area contributed by atoms with Crippen LogP contribution < -0.4 is 10.6 Å². The molecule has 0 saturated carbocycles. The summed E-state index contributed by atoms with van der Waals surface area (Å²) in [7, 11) is 1.30. The standard InChI is InChI=1S/C24H23N3O6S/c1-32-19(22(29)30)10-11-25-21(28)20-12-26-23(34-20)27-24(31)33-13-18-16-8-4-2-6-14(16)15-7-3-5-9-17(15)18/h2-9,12,18-19H,10-11,13H2,1H3,(H,25,28)(H,29,30)(H,26,27,31). The molecule has 0 spiro atoms. The Morgan fingerprint density at radius 1 is 1.09 bits per heavy atom. The van der Waals surface area contributed by atoms with Crippen molar-refractivity contribution in [1.29, 1.82) is 0 Å². The largest absolute Gasteiger partial charge is 0.479 e. The zero-order valence-electron chi connectivity index (χ0n) is 18.3. The van der Waals surface area contributed by atoms with Crippen molar-refractivity contribution >= 4 is 34.4 Å². The number of anilines is 1. The van der Waals surface area contributed by atoms with Crippen LogP contribution in [-0.2, 0) is 14.3 Å². The molecule has 34 heavy (non-hydrogen) atoms. The number of methoxy groups -OCH3 is 1. The summed E-state index contributed by atoms with van der Waals surface area (Å²) in [6, 6.07) is 16.1. The molecule has 176 valence electrons. The summed E-state index contributed by atoms with van der Waals surface area (Å²) in [5.74, 6) is -1.57. The van der Waals surface area contributed by atoms with Gasteiger partial charge in [-0.3, -0.25) is 10.1 Å². The lowest BCUT2D eigenvalue weighted by Crippen LogP contribution is -2.30. The van der Waals surface area contributed by atoms with E-state index in [0.717, 1.165) is 33.6 Å². The molecule has 1 aliphatic carbocycles. The number of benzene rings is 2. The molecule has 1 atom stereocenters. The quantitative estimate of drug-likeness (QED) is 0.425. The second kappa shape index (κ2) is 10.4. The molecule has 0 aliphatic heterocycles. The highest BCUT2D eigenvalue weighted by atomic mass is 32.1. The number of nitrogens with one attached hydrogen (secondary N) is 2. The number of aromatic nitrogens is 1. The molecule has 0 saturated heterocycles. The number of nitrogens with zero attached hydrogens (tertiary/aromatic N) is 1. The summed E-state index contributed by atoms with van der Waals surface area (Å²) >= 11 is 0.993. The normalized spacial score (nSPS) is 13.0. The molecule has 1 heterocycles. The molecule has 2 amide bonds. The van der Waals surface area contributed by atoms with Crippen molar-refractivity contribution in [3.05, 3.63) is 70.7 Å². The monoisotopic (exact) mass is 481 g/mol. The Labute approximate surface area is 199 Å². The molecule has 3 aromatic rings. The Morgan fingerprint density at radius 3 is 2.35 bits per heavy atom. The molecule has 10 heteroatoms. The van der Waals surface area contributed by atoms with Crippen LogP contribution in [0.4, 0.5) is 9.93 Å². The lowest BCUT2D eigenvalue weighted by Gasteiger charge is -2.14. The summed E-state index contributed by atoms with van der Waals surface area (Å²) in [5, 5.41) is 14.3. The van der Waals surface area contributed by atoms with Crippen LogP contribution in [0.3, 0.4) is 0 Å². The summed E-state index contributed by atoms with van der Waals surface area (Å²) in [5.41, 5.74) is 4.51. The number of carboxylic acid groups (broad SMARTS) is 1. The maximum atomic E-state index is 12.4. The molecule has 1 aliphatic rings. The number of aliphatic carboxylic acids is 1. The van der Waals surface area contributed by atoms with Crippen LogP contribution in [0.1, 0.15) is 33.1 Å². The lowest BCUT2D eigenvalue weighted by atomic mass is 9.98. The predicted octanol–water partition coefficient (Wildman–Crippen LogP) is 3.72. The van der Waals surface area contributed by atoms with Gasteiger partial charge in [0.05, 0.1) is 6.20 Å². The Hall–Kier alpha value is -3.76. The minimum atomic E-state index is -1.09. The highest BCUT2D eigenvalue weighted by Gasteiger charge is 2.29. The molecule has 1 unspecified atom stereocenters. The van der Waals surface area contributed by atoms with Gasteiger partial charge in [-0.1, -0.05) is 59.9 Å². The zero-order chi connectivity index (χ0) is 24.1. The van der Waals surface area contributed by atoms with Crippen LogP contribution in [0.2, 0.25) is 0 Å². The third-order valence-electron chi connectivity index (χ3n) is 5.53. The molecule has 1 aromatic heterocycles. The van der Waals surface area contributed by atoms with Gasteiger partial charge in [0, 0.05) is 26.0 Å². The topological polar surface area (TPSA) is 127 Å². The van der Waals surface area contributed by atoms with Crippen molar-refractivity contribution in [3.63, 3.8) is 0 Å². The van der Waals surface area contributed by atoms with Crippen molar-refractivity contribution in [3.8, 4) is 11.1 Å². The van der Waals surface area contributed by atoms with Crippen molar-refractivity contribution < 1.29 is 29.0 Å². The average Bonchev–Trinajstić information content (AvgIpc) is 3.43. The predicted molar refractivity (Wildman–Crippen MR) is 126 cm³/mol. The molecule has 0 fully saturated rings. The van der Waals surface area contributed by atoms with Crippen molar-refractivity contribution in [2.75, 3.05) is 25.6 Å². The van der Waals surface area contributed by atoms with Gasteiger partial charge >= 0.3 is 12.1 Å². The van der Waals surface area contributed by atoms with Gasteiger partial charge in [-0.15, -0.1) is 0 Å². The van der Waals surface area contributed by atoms with Crippen LogP contribution >= 0.6 is 11.3 Å². The summed E-state index contributed by atoms with van der Waals surface area (Å²) < 4.78 is 10.3. The van der Waals surface area contributed by atoms with Crippen molar-refractivity contribution in [2.45, 2.75) is 18.4 Å². The molecular formula is C24H23N3O6S. The Bertz CT molecular complexity index is 1170. The second-order valence-corrected chi connectivity index (χ2v) is 8.62. The number of ether oxygens (including phenoxy) is 2. The van der Waals surface area contributed by atoms with E-state index in [4.69, 9.17) is 14.6 Å². The number of carboxylic acids is 1. The first kappa shape index (κ1) is 23.4. The minimum Gasteiger partial charge on any atom is -0.479 e. The van der Waals surface area contributed by atoms with E-state index in [9.17, 15) is 14.4 Å². The van der Waals surface area contributed by atoms with Crippen molar-refractivity contribution in [1.82, 2.24) is 10.3 Å². The fourth-order valence-electron chi connectivity index (χ4n) is 3.90. The van der Waals surface area contributed by atoms with Gasteiger partial charge < -0.3 is 19.9 Å². The van der Waals surface area contributed by atoms with E-state index in [1.807, 2.05) is 36.4 Å². The first-order valence-corrected chi connectivity index (χ1v) is 11.4. The number of thiazole rings is 1. The van der Waals surface area contributed by atoms with Gasteiger partial charge in [-0.25, -0.2) is 14.6 Å². The fraction of sp³-hybridized carbons (Fsp3) is 0.250. The van der Waals surface area contributed by atoms with Gasteiger partial charge in [0.25, 0.3) is 5.91 Å². The van der Waals surface area contributed by atoms with Crippen LogP contribution in [0, 0.1) is 0 Å². The molecule has 3 N–H and O–H groups in total. The van der Waals surface area contributed by atoms with Gasteiger partial charge in [0.2, 0.25) is 0 Å². The number of carbonyl (C=O) groups is 3. The summed E-state index contributed by atoms with van der Waals surface area (Å²) in [6.07, 6.45) is -0.189. The molecule has 9 nitrogen and oxygen atoms in total. The number of hydrogen-bond acceptors (Lipinski definition) is 7. The third-order valence-corrected chi connectivity index (χ3v) is 6.45. The van der Waals surface area contributed by atoms with E-state index in [2.05, 4.69) is 27.8 Å². The number of rotatable bonds is 9.